The van der Waals surface area contributed by atoms with Crippen molar-refractivity contribution in [3.8, 4) is 0 Å². The summed E-state index contributed by atoms with van der Waals surface area (Å²) in [5.41, 5.74) is -0.131. The van der Waals surface area contributed by atoms with Gasteiger partial charge in [-0.3, -0.25) is 4.79 Å². The van der Waals surface area contributed by atoms with Crippen LogP contribution in [0.5, 0.6) is 0 Å². The molecule has 0 radical (unpaired) electrons. The molecule has 2 fully saturated rings. The van der Waals surface area contributed by atoms with Crippen LogP contribution >= 0.6 is 0 Å². The van der Waals surface area contributed by atoms with E-state index in [1.165, 1.54) is 12.0 Å². The summed E-state index contributed by atoms with van der Waals surface area (Å²) in [7, 11) is 1.28. The van der Waals surface area contributed by atoms with E-state index in [9.17, 15) is 14.4 Å². The maximum Gasteiger partial charge on any atom is 0.408 e. The smallest absolute Gasteiger partial charge is 0.408 e. The Morgan fingerprint density at radius 3 is 2.67 bits per heavy atom. The molecular formula is C23H34N4O6. The zero-order chi connectivity index (χ0) is 24.3. The summed E-state index contributed by atoms with van der Waals surface area (Å²) in [4.78, 5) is 44.4. The summed E-state index contributed by atoms with van der Waals surface area (Å²) in [5.74, 6) is -0.361. The molecule has 5 atom stereocenters. The van der Waals surface area contributed by atoms with Crippen molar-refractivity contribution in [1.82, 2.24) is 15.5 Å². The third-order valence-corrected chi connectivity index (χ3v) is 5.92. The molecule has 3 rings (SSSR count). The number of allylic oxidation sites excluding steroid dienone is 1. The Kier molecular flexibility index (Phi) is 7.34. The van der Waals surface area contributed by atoms with Gasteiger partial charge in [0.15, 0.2) is 5.90 Å². The van der Waals surface area contributed by atoms with Crippen LogP contribution in [0.25, 0.3) is 0 Å². The number of nitrogens with one attached hydrogen (secondary N) is 2. The summed E-state index contributed by atoms with van der Waals surface area (Å²) in [5, 5.41) is 5.88. The van der Waals surface area contributed by atoms with Crippen LogP contribution < -0.4 is 10.6 Å². The van der Waals surface area contributed by atoms with Gasteiger partial charge in [0.05, 0.1) is 19.4 Å². The number of alkyl carbamates (subject to hydrolysis) is 1. The number of hydrogen-bond donors (Lipinski definition) is 2. The Morgan fingerprint density at radius 2 is 2.00 bits per heavy atom. The quantitative estimate of drug-likeness (QED) is 0.570. The van der Waals surface area contributed by atoms with Crippen LogP contribution in [0, 0.1) is 11.3 Å². The number of fused-ring (bicyclic) bond motifs is 3. The molecule has 2 N–H and O–H groups in total. The highest BCUT2D eigenvalue weighted by Gasteiger charge is 2.47. The molecule has 2 amide bonds. The van der Waals surface area contributed by atoms with Crippen molar-refractivity contribution in [1.29, 1.82) is 0 Å². The number of carbonyl (C=O) groups is 3. The Bertz CT molecular complexity index is 862. The normalized spacial score (nSPS) is 32.0. The molecule has 10 nitrogen and oxygen atoms in total. The van der Waals surface area contributed by atoms with Crippen LogP contribution in [0.15, 0.2) is 29.5 Å². The first-order valence-corrected chi connectivity index (χ1v) is 11.2. The molecule has 0 aromatic rings. The minimum absolute atomic E-state index is 0.156. The van der Waals surface area contributed by atoms with Crippen molar-refractivity contribution in [2.45, 2.75) is 64.8 Å². The number of ether oxygens (including phenoxy) is 3. The molecule has 3 aliphatic rings. The molecule has 1 saturated carbocycles. The minimum Gasteiger partial charge on any atom is -0.476 e. The second kappa shape index (κ2) is 9.84. The van der Waals surface area contributed by atoms with E-state index in [1.807, 2.05) is 20.8 Å². The third kappa shape index (κ3) is 6.27. The van der Waals surface area contributed by atoms with E-state index >= 15 is 0 Å². The average Bonchev–Trinajstić information content (AvgIpc) is 3.31. The van der Waals surface area contributed by atoms with Gasteiger partial charge in [0.25, 0.3) is 0 Å². The molecule has 2 bridgehead atoms. The van der Waals surface area contributed by atoms with Crippen LogP contribution in [0.1, 0.15) is 40.5 Å². The number of rotatable bonds is 1. The van der Waals surface area contributed by atoms with Crippen molar-refractivity contribution < 1.29 is 28.6 Å². The lowest BCUT2D eigenvalue weighted by atomic mass is 9.85. The largest absolute Gasteiger partial charge is 0.476 e. The number of methoxy groups -OCH3 is 1. The topological polar surface area (TPSA) is 119 Å². The van der Waals surface area contributed by atoms with E-state index in [1.54, 1.807) is 19.2 Å². The third-order valence-electron chi connectivity index (χ3n) is 5.92. The van der Waals surface area contributed by atoms with Gasteiger partial charge in [-0.05, 0) is 24.1 Å². The second-order valence-corrected chi connectivity index (χ2v) is 9.75. The summed E-state index contributed by atoms with van der Waals surface area (Å²) >= 11 is 0. The predicted octanol–water partition coefficient (Wildman–Crippen LogP) is 1.72. The van der Waals surface area contributed by atoms with Gasteiger partial charge < -0.3 is 29.7 Å². The fraction of sp³-hybridized carbons (Fsp3) is 0.652. The van der Waals surface area contributed by atoms with E-state index in [0.717, 1.165) is 6.42 Å². The highest BCUT2D eigenvalue weighted by Crippen LogP contribution is 2.34. The number of esters is 1. The van der Waals surface area contributed by atoms with Gasteiger partial charge >= 0.3 is 12.1 Å². The van der Waals surface area contributed by atoms with E-state index in [0.29, 0.717) is 18.1 Å². The molecule has 33 heavy (non-hydrogen) atoms. The molecular weight excluding hydrogens is 428 g/mol. The Balaban J connectivity index is 1.88. The fourth-order valence-corrected chi connectivity index (χ4v) is 4.05. The predicted molar refractivity (Wildman–Crippen MR) is 121 cm³/mol. The van der Waals surface area contributed by atoms with Crippen LogP contribution in [0.3, 0.4) is 0 Å². The first-order valence-electron chi connectivity index (χ1n) is 11.2. The lowest BCUT2D eigenvalue weighted by molar-refractivity contribution is -0.152. The molecule has 0 aromatic heterocycles. The van der Waals surface area contributed by atoms with Crippen LogP contribution in [0.4, 0.5) is 4.79 Å². The zero-order valence-corrected chi connectivity index (χ0v) is 19.9. The summed E-state index contributed by atoms with van der Waals surface area (Å²) in [6, 6.07) is -1.73. The van der Waals surface area contributed by atoms with Gasteiger partial charge in [-0.15, -0.1) is 0 Å². The average molecular weight is 463 g/mol. The standard InChI is InChI=1S/C23H34N4O6/c1-13-7-8-24-11-15-9-18(15)33-22(30)26-19(23(3,4)5)20(28)27-12-16(32-14(2)25-13)10-17(27)21(29)31-6/h7-8,15-19,24H,1,9-12H2,2-6H3,(H,26,30)/b8-7-,25-14?/t15?,16-,17+,18?,19-/m1/s1. The Labute approximate surface area is 194 Å². The lowest BCUT2D eigenvalue weighted by Crippen LogP contribution is -2.57. The van der Waals surface area contributed by atoms with Crippen molar-refractivity contribution >= 4 is 23.9 Å². The van der Waals surface area contributed by atoms with Crippen molar-refractivity contribution in [3.63, 3.8) is 0 Å². The molecule has 0 spiro atoms. The van der Waals surface area contributed by atoms with Gasteiger partial charge in [0, 0.05) is 25.8 Å². The van der Waals surface area contributed by atoms with Crippen molar-refractivity contribution in [2.75, 3.05) is 20.2 Å². The SMILES string of the molecule is C=C1/C=C\NCC2CC2OC(=O)N[C@@H](C(C)(C)C)C(=O)N2C[C@@H](C[C@H]2C(=O)OC)OC(C)=N1. The molecule has 0 aromatic carbocycles. The zero-order valence-electron chi connectivity index (χ0n) is 19.9. The number of carbonyl (C=O) groups excluding carboxylic acids is 3. The van der Waals surface area contributed by atoms with Crippen LogP contribution in [-0.2, 0) is 23.8 Å². The first-order chi connectivity index (χ1) is 15.5. The summed E-state index contributed by atoms with van der Waals surface area (Å²) in [6.45, 7) is 11.9. The number of amides is 2. The van der Waals surface area contributed by atoms with Crippen LogP contribution in [-0.4, -0.2) is 73.3 Å². The minimum atomic E-state index is -0.900. The number of aliphatic imine (C=N–C) groups is 1. The highest BCUT2D eigenvalue weighted by atomic mass is 16.6. The summed E-state index contributed by atoms with van der Waals surface area (Å²) < 4.78 is 16.4. The second-order valence-electron chi connectivity index (χ2n) is 9.75. The van der Waals surface area contributed by atoms with Crippen molar-refractivity contribution in [2.24, 2.45) is 16.3 Å². The Hall–Kier alpha value is -3.04. The maximum atomic E-state index is 13.6. The number of hydrogen-bond acceptors (Lipinski definition) is 8. The molecule has 1 aliphatic carbocycles. The van der Waals surface area contributed by atoms with E-state index in [-0.39, 0.29) is 25.0 Å². The molecule has 2 unspecified atom stereocenters. The first kappa shape index (κ1) is 24.6. The molecule has 10 heteroatoms. The monoisotopic (exact) mass is 462 g/mol. The van der Waals surface area contributed by atoms with Gasteiger partial charge in [0.1, 0.15) is 24.3 Å². The number of nitrogens with zero attached hydrogens (tertiary/aromatic N) is 2. The molecule has 2 heterocycles. The van der Waals surface area contributed by atoms with Gasteiger partial charge in [-0.25, -0.2) is 14.6 Å². The van der Waals surface area contributed by atoms with E-state index in [2.05, 4.69) is 22.2 Å². The molecule has 1 saturated heterocycles. The van der Waals surface area contributed by atoms with Gasteiger partial charge in [0.2, 0.25) is 5.91 Å². The van der Waals surface area contributed by atoms with E-state index in [4.69, 9.17) is 14.2 Å². The van der Waals surface area contributed by atoms with E-state index < -0.39 is 41.6 Å². The Morgan fingerprint density at radius 1 is 1.27 bits per heavy atom. The summed E-state index contributed by atoms with van der Waals surface area (Å²) in [6.07, 6.45) is 3.14. The fourth-order valence-electron chi connectivity index (χ4n) is 4.05. The van der Waals surface area contributed by atoms with Gasteiger partial charge in [-0.1, -0.05) is 27.4 Å². The van der Waals surface area contributed by atoms with Crippen LogP contribution in [0.2, 0.25) is 0 Å². The molecule has 2 aliphatic heterocycles. The van der Waals surface area contributed by atoms with Gasteiger partial charge in [-0.2, -0.15) is 0 Å². The maximum absolute atomic E-state index is 13.6. The lowest BCUT2D eigenvalue weighted by Gasteiger charge is -2.34. The highest BCUT2D eigenvalue weighted by molar-refractivity contribution is 5.91. The van der Waals surface area contributed by atoms with Crippen molar-refractivity contribution in [3.05, 3.63) is 24.6 Å². The molecule has 182 valence electrons.